The molecule has 2 fully saturated rings. The molecule has 1 amide bonds. The van der Waals surface area contributed by atoms with Gasteiger partial charge in [-0.05, 0) is 56.4 Å². The van der Waals surface area contributed by atoms with Crippen LogP contribution in [0, 0.1) is 11.8 Å². The summed E-state index contributed by atoms with van der Waals surface area (Å²) in [6, 6.07) is 6.79. The lowest BCUT2D eigenvalue weighted by atomic mass is 9.81. The number of aliphatic carboxylic acids is 1. The van der Waals surface area contributed by atoms with Gasteiger partial charge < -0.3 is 10.4 Å². The van der Waals surface area contributed by atoms with E-state index in [-0.39, 0.29) is 23.5 Å². The first-order chi connectivity index (χ1) is 11.9. The summed E-state index contributed by atoms with van der Waals surface area (Å²) in [6.07, 6.45) is 2.83. The van der Waals surface area contributed by atoms with E-state index >= 15 is 0 Å². The Labute approximate surface area is 147 Å². The molecule has 0 bridgehead atoms. The van der Waals surface area contributed by atoms with Gasteiger partial charge in [0.05, 0.1) is 17.4 Å². The molecule has 1 heterocycles. The van der Waals surface area contributed by atoms with Crippen LogP contribution in [0.2, 0.25) is 0 Å². The van der Waals surface area contributed by atoms with E-state index in [1.54, 1.807) is 24.3 Å². The third kappa shape index (κ3) is 3.95. The van der Waals surface area contributed by atoms with Crippen molar-refractivity contribution in [3.63, 3.8) is 0 Å². The van der Waals surface area contributed by atoms with Gasteiger partial charge >= 0.3 is 5.97 Å². The third-order valence-electron chi connectivity index (χ3n) is 4.97. The summed E-state index contributed by atoms with van der Waals surface area (Å²) in [7, 11) is -3.21. The van der Waals surface area contributed by atoms with Crippen LogP contribution in [0.1, 0.15) is 32.1 Å². The van der Waals surface area contributed by atoms with Crippen LogP contribution in [0.5, 0.6) is 0 Å². The van der Waals surface area contributed by atoms with E-state index in [0.717, 1.165) is 0 Å². The number of carboxylic acids is 1. The molecule has 0 spiro atoms. The first kappa shape index (κ1) is 17.7. The molecule has 1 saturated carbocycles. The van der Waals surface area contributed by atoms with Crippen molar-refractivity contribution in [3.8, 4) is 0 Å². The van der Waals surface area contributed by atoms with Gasteiger partial charge in [0, 0.05) is 18.2 Å². The predicted molar refractivity (Wildman–Crippen MR) is 93.9 cm³/mol. The molecule has 1 aromatic rings. The predicted octanol–water partition coefficient (Wildman–Crippen LogP) is 2.06. The standard InChI is InChI=1S/C17H22N2O5S/c20-16(12-2-4-13(5-3-12)17(21)22)18-14-6-8-15(9-7-14)19-10-1-11-25(19,23)24/h6-9,12-13H,1-5,10-11H2,(H,18,20)(H,21,22). The van der Waals surface area contributed by atoms with Crippen LogP contribution in [0.3, 0.4) is 0 Å². The number of anilines is 2. The van der Waals surface area contributed by atoms with Gasteiger partial charge in [0.1, 0.15) is 0 Å². The molecule has 2 N–H and O–H groups in total. The highest BCUT2D eigenvalue weighted by Crippen LogP contribution is 2.30. The van der Waals surface area contributed by atoms with Crippen molar-refractivity contribution < 1.29 is 23.1 Å². The second-order valence-corrected chi connectivity index (χ2v) is 8.68. The molecule has 7 nitrogen and oxygen atoms in total. The number of amides is 1. The number of carbonyl (C=O) groups is 2. The minimum Gasteiger partial charge on any atom is -0.481 e. The Morgan fingerprint density at radius 1 is 1.04 bits per heavy atom. The smallest absolute Gasteiger partial charge is 0.306 e. The lowest BCUT2D eigenvalue weighted by molar-refractivity contribution is -0.143. The van der Waals surface area contributed by atoms with Crippen molar-refractivity contribution >= 4 is 33.3 Å². The first-order valence-corrected chi connectivity index (χ1v) is 10.1. The Hall–Kier alpha value is -2.09. The maximum atomic E-state index is 12.3. The van der Waals surface area contributed by atoms with Gasteiger partial charge in [-0.3, -0.25) is 13.9 Å². The van der Waals surface area contributed by atoms with Crippen LogP contribution >= 0.6 is 0 Å². The molecule has 0 atom stereocenters. The zero-order valence-electron chi connectivity index (χ0n) is 13.8. The first-order valence-electron chi connectivity index (χ1n) is 8.51. The number of nitrogens with one attached hydrogen (secondary N) is 1. The molecule has 25 heavy (non-hydrogen) atoms. The maximum absolute atomic E-state index is 12.3. The second-order valence-electron chi connectivity index (χ2n) is 6.66. The molecule has 0 aromatic heterocycles. The number of sulfonamides is 1. The maximum Gasteiger partial charge on any atom is 0.306 e. The third-order valence-corrected chi connectivity index (χ3v) is 6.84. The fraction of sp³-hybridized carbons (Fsp3) is 0.529. The molecule has 1 aliphatic carbocycles. The zero-order chi connectivity index (χ0) is 18.0. The highest BCUT2D eigenvalue weighted by Gasteiger charge is 2.30. The summed E-state index contributed by atoms with van der Waals surface area (Å²) in [5, 5.41) is 11.8. The topological polar surface area (TPSA) is 104 Å². The molecule has 1 saturated heterocycles. The average molecular weight is 366 g/mol. The lowest BCUT2D eigenvalue weighted by Crippen LogP contribution is -2.29. The Balaban J connectivity index is 1.58. The van der Waals surface area contributed by atoms with Gasteiger partial charge in [0.2, 0.25) is 15.9 Å². The van der Waals surface area contributed by atoms with Crippen molar-refractivity contribution in [1.82, 2.24) is 0 Å². The normalized spacial score (nSPS) is 25.5. The van der Waals surface area contributed by atoms with Crippen molar-refractivity contribution in [2.24, 2.45) is 11.8 Å². The van der Waals surface area contributed by atoms with Crippen molar-refractivity contribution in [1.29, 1.82) is 0 Å². The molecule has 3 rings (SSSR count). The van der Waals surface area contributed by atoms with E-state index < -0.39 is 16.0 Å². The van der Waals surface area contributed by atoms with Crippen LogP contribution < -0.4 is 9.62 Å². The van der Waals surface area contributed by atoms with Gasteiger partial charge in [-0.25, -0.2) is 8.42 Å². The van der Waals surface area contributed by atoms with Crippen molar-refractivity contribution in [2.45, 2.75) is 32.1 Å². The van der Waals surface area contributed by atoms with E-state index in [2.05, 4.69) is 5.32 Å². The molecule has 0 unspecified atom stereocenters. The van der Waals surface area contributed by atoms with Crippen LogP contribution in [0.15, 0.2) is 24.3 Å². The number of rotatable bonds is 4. The number of hydrogen-bond donors (Lipinski definition) is 2. The van der Waals surface area contributed by atoms with Crippen LogP contribution in [-0.4, -0.2) is 37.7 Å². The van der Waals surface area contributed by atoms with Crippen LogP contribution in [0.4, 0.5) is 11.4 Å². The van der Waals surface area contributed by atoms with Gasteiger partial charge in [-0.2, -0.15) is 0 Å². The minimum atomic E-state index is -3.21. The van der Waals surface area contributed by atoms with Crippen molar-refractivity contribution in [2.75, 3.05) is 21.9 Å². The van der Waals surface area contributed by atoms with Gasteiger partial charge in [0.25, 0.3) is 0 Å². The zero-order valence-corrected chi connectivity index (χ0v) is 14.7. The molecule has 1 aromatic carbocycles. The van der Waals surface area contributed by atoms with E-state index in [9.17, 15) is 18.0 Å². The summed E-state index contributed by atoms with van der Waals surface area (Å²) >= 11 is 0. The largest absolute Gasteiger partial charge is 0.481 e. The Morgan fingerprint density at radius 2 is 1.64 bits per heavy atom. The highest BCUT2D eigenvalue weighted by molar-refractivity contribution is 7.93. The fourth-order valence-electron chi connectivity index (χ4n) is 3.49. The molecule has 1 aliphatic heterocycles. The van der Waals surface area contributed by atoms with Crippen LogP contribution in [-0.2, 0) is 19.6 Å². The number of carbonyl (C=O) groups excluding carboxylic acids is 1. The lowest BCUT2D eigenvalue weighted by Gasteiger charge is -2.25. The number of carboxylic acid groups (broad SMARTS) is 1. The molecule has 2 aliphatic rings. The summed E-state index contributed by atoms with van der Waals surface area (Å²) in [6.45, 7) is 0.487. The Kier molecular flexibility index (Phi) is 4.99. The number of hydrogen-bond acceptors (Lipinski definition) is 4. The molecule has 8 heteroatoms. The van der Waals surface area contributed by atoms with E-state index in [0.29, 0.717) is 50.0 Å². The quantitative estimate of drug-likeness (QED) is 0.849. The molecule has 0 radical (unpaired) electrons. The minimum absolute atomic E-state index is 0.106. The molecular weight excluding hydrogens is 344 g/mol. The van der Waals surface area contributed by atoms with Gasteiger partial charge in [0.15, 0.2) is 0 Å². The van der Waals surface area contributed by atoms with Crippen LogP contribution in [0.25, 0.3) is 0 Å². The number of nitrogens with zero attached hydrogens (tertiary/aromatic N) is 1. The molecule has 136 valence electrons. The second kappa shape index (κ2) is 7.03. The molecular formula is C17H22N2O5S. The monoisotopic (exact) mass is 366 g/mol. The van der Waals surface area contributed by atoms with E-state index in [1.165, 1.54) is 4.31 Å². The average Bonchev–Trinajstić information content (AvgIpc) is 2.95. The van der Waals surface area contributed by atoms with Crippen molar-refractivity contribution in [3.05, 3.63) is 24.3 Å². The SMILES string of the molecule is O=C(O)C1CCC(C(=O)Nc2ccc(N3CCCS3(=O)=O)cc2)CC1. The Bertz CT molecular complexity index is 752. The van der Waals surface area contributed by atoms with E-state index in [4.69, 9.17) is 5.11 Å². The van der Waals surface area contributed by atoms with Gasteiger partial charge in [-0.1, -0.05) is 0 Å². The summed E-state index contributed by atoms with van der Waals surface area (Å²) in [4.78, 5) is 23.3. The summed E-state index contributed by atoms with van der Waals surface area (Å²) < 4.78 is 25.2. The summed E-state index contributed by atoms with van der Waals surface area (Å²) in [5.41, 5.74) is 1.23. The van der Waals surface area contributed by atoms with Gasteiger partial charge in [-0.15, -0.1) is 0 Å². The Morgan fingerprint density at radius 3 is 2.16 bits per heavy atom. The van der Waals surface area contributed by atoms with E-state index in [1.807, 2.05) is 0 Å². The number of benzene rings is 1. The fourth-order valence-corrected chi connectivity index (χ4v) is 5.05. The highest BCUT2D eigenvalue weighted by atomic mass is 32.2. The summed E-state index contributed by atoms with van der Waals surface area (Å²) in [5.74, 6) is -1.23.